The SMILES string of the molecule is CCCCC/C=C\CCCCCCCCOCC(COC1OC(COC2OC(CO)C(O)C(O)C2O)C(O)C(O)C1O)OC(=O)CCCCCCCCCCCCC/C=C\CCCCCCCCCC. The first kappa shape index (κ1) is 64.6. The molecule has 14 nitrogen and oxygen atoms in total. The fourth-order valence-corrected chi connectivity index (χ4v) is 9.04. The molecule has 0 aromatic carbocycles. The molecule has 0 saturated carbocycles. The van der Waals surface area contributed by atoms with Gasteiger partial charge in [0.15, 0.2) is 12.6 Å². The Morgan fingerprint density at radius 3 is 1.33 bits per heavy atom. The summed E-state index contributed by atoms with van der Waals surface area (Å²) in [6.45, 7) is 3.68. The molecule has 0 spiro atoms. The summed E-state index contributed by atoms with van der Waals surface area (Å²) in [6.07, 6.45) is 32.4. The highest BCUT2D eigenvalue weighted by molar-refractivity contribution is 5.69. The number of allylic oxidation sites excluding steroid dienone is 4. The lowest BCUT2D eigenvalue weighted by atomic mass is 9.98. The van der Waals surface area contributed by atoms with E-state index in [4.69, 9.17) is 28.4 Å². The molecule has 11 atom stereocenters. The van der Waals surface area contributed by atoms with Gasteiger partial charge in [-0.2, -0.15) is 0 Å². The summed E-state index contributed by atoms with van der Waals surface area (Å²) in [5, 5.41) is 72.2. The van der Waals surface area contributed by atoms with Gasteiger partial charge in [0.05, 0.1) is 26.4 Å². The molecule has 2 rings (SSSR count). The van der Waals surface area contributed by atoms with E-state index in [0.717, 1.165) is 44.9 Å². The molecule has 2 heterocycles. The predicted octanol–water partition coefficient (Wildman–Crippen LogP) is 9.58. The molecule has 0 aliphatic carbocycles. The number of aliphatic hydroxyl groups is 7. The van der Waals surface area contributed by atoms with E-state index in [-0.39, 0.29) is 25.6 Å². The van der Waals surface area contributed by atoms with E-state index in [0.29, 0.717) is 13.0 Å². The summed E-state index contributed by atoms with van der Waals surface area (Å²) < 4.78 is 34.3. The molecule has 2 fully saturated rings. The van der Waals surface area contributed by atoms with Gasteiger partial charge in [-0.05, 0) is 64.2 Å². The molecule has 14 heteroatoms. The Balaban J connectivity index is 1.70. The smallest absolute Gasteiger partial charge is 0.306 e. The molecule has 0 aromatic heterocycles. The lowest BCUT2D eigenvalue weighted by Gasteiger charge is -2.42. The van der Waals surface area contributed by atoms with Crippen LogP contribution < -0.4 is 0 Å². The van der Waals surface area contributed by atoms with Crippen molar-refractivity contribution in [2.75, 3.05) is 33.0 Å². The number of aliphatic hydroxyl groups excluding tert-OH is 7. The van der Waals surface area contributed by atoms with Crippen LogP contribution in [0.15, 0.2) is 24.3 Å². The van der Waals surface area contributed by atoms with Gasteiger partial charge in [-0.1, -0.05) is 179 Å². The predicted molar refractivity (Wildman–Crippen MR) is 275 cm³/mol. The zero-order valence-electron chi connectivity index (χ0n) is 44.0. The minimum absolute atomic E-state index is 0.0599. The fourth-order valence-electron chi connectivity index (χ4n) is 9.04. The van der Waals surface area contributed by atoms with Gasteiger partial charge in [0.2, 0.25) is 0 Å². The van der Waals surface area contributed by atoms with Crippen LogP contribution in [0.3, 0.4) is 0 Å². The molecule has 2 aliphatic heterocycles. The van der Waals surface area contributed by atoms with E-state index in [1.165, 1.54) is 154 Å². The number of hydrogen-bond donors (Lipinski definition) is 7. The third kappa shape index (κ3) is 30.6. The van der Waals surface area contributed by atoms with E-state index < -0.39 is 80.7 Å². The lowest BCUT2D eigenvalue weighted by Crippen LogP contribution is -2.61. The van der Waals surface area contributed by atoms with Gasteiger partial charge in [-0.25, -0.2) is 0 Å². The molecule has 0 amide bonds. The first-order valence-electron chi connectivity index (χ1n) is 28.4. The second kappa shape index (κ2) is 43.8. The summed E-state index contributed by atoms with van der Waals surface area (Å²) in [7, 11) is 0. The van der Waals surface area contributed by atoms with E-state index >= 15 is 0 Å². The molecular weight excluding hydrogens is 897 g/mol. The highest BCUT2D eigenvalue weighted by atomic mass is 16.7. The Morgan fingerprint density at radius 2 is 0.843 bits per heavy atom. The van der Waals surface area contributed by atoms with Crippen LogP contribution in [-0.4, -0.2) is 142 Å². The van der Waals surface area contributed by atoms with Crippen molar-refractivity contribution in [3.05, 3.63) is 24.3 Å². The van der Waals surface area contributed by atoms with Crippen LogP contribution in [0.5, 0.6) is 0 Å². The van der Waals surface area contributed by atoms with Crippen LogP contribution in [0.4, 0.5) is 0 Å². The van der Waals surface area contributed by atoms with E-state index in [1.54, 1.807) is 0 Å². The monoisotopic (exact) mass is 1000 g/mol. The molecule has 70 heavy (non-hydrogen) atoms. The number of hydrogen-bond acceptors (Lipinski definition) is 14. The van der Waals surface area contributed by atoms with Crippen molar-refractivity contribution in [3.63, 3.8) is 0 Å². The summed E-state index contributed by atoms with van der Waals surface area (Å²) in [4.78, 5) is 13.1. The molecule has 412 valence electrons. The Hall–Kier alpha value is -1.53. The molecular formula is C56H104O14. The van der Waals surface area contributed by atoms with Gasteiger partial charge in [0, 0.05) is 13.0 Å². The van der Waals surface area contributed by atoms with Crippen LogP contribution in [0.1, 0.15) is 226 Å². The average molecular weight is 1000 g/mol. The maximum atomic E-state index is 13.1. The van der Waals surface area contributed by atoms with Gasteiger partial charge in [-0.15, -0.1) is 0 Å². The van der Waals surface area contributed by atoms with Gasteiger partial charge in [0.1, 0.15) is 54.9 Å². The minimum Gasteiger partial charge on any atom is -0.457 e. The molecule has 2 aliphatic rings. The van der Waals surface area contributed by atoms with E-state index in [2.05, 4.69) is 38.2 Å². The molecule has 7 N–H and O–H groups in total. The van der Waals surface area contributed by atoms with Crippen LogP contribution in [0.2, 0.25) is 0 Å². The summed E-state index contributed by atoms with van der Waals surface area (Å²) in [5.74, 6) is -0.377. The summed E-state index contributed by atoms with van der Waals surface area (Å²) in [6, 6.07) is 0. The van der Waals surface area contributed by atoms with Gasteiger partial charge < -0.3 is 64.2 Å². The first-order valence-corrected chi connectivity index (χ1v) is 28.4. The molecule has 0 radical (unpaired) electrons. The zero-order chi connectivity index (χ0) is 50.9. The highest BCUT2D eigenvalue weighted by Gasteiger charge is 2.47. The third-order valence-electron chi connectivity index (χ3n) is 13.7. The van der Waals surface area contributed by atoms with Crippen LogP contribution >= 0.6 is 0 Å². The number of carbonyl (C=O) groups excluding carboxylic acids is 1. The molecule has 11 unspecified atom stereocenters. The summed E-state index contributed by atoms with van der Waals surface area (Å²) in [5.41, 5.74) is 0. The molecule has 0 aromatic rings. The number of ether oxygens (including phenoxy) is 6. The second-order valence-electron chi connectivity index (χ2n) is 20.1. The largest absolute Gasteiger partial charge is 0.457 e. The number of unbranched alkanes of at least 4 members (excludes halogenated alkanes) is 28. The van der Waals surface area contributed by atoms with Crippen molar-refractivity contribution in [1.29, 1.82) is 0 Å². The Bertz CT molecular complexity index is 1250. The zero-order valence-corrected chi connectivity index (χ0v) is 44.0. The van der Waals surface area contributed by atoms with Gasteiger partial charge >= 0.3 is 5.97 Å². The normalized spacial score (nSPS) is 25.6. The maximum absolute atomic E-state index is 13.1. The quantitative estimate of drug-likeness (QED) is 0.0172. The number of esters is 1. The van der Waals surface area contributed by atoms with Crippen LogP contribution in [0, 0.1) is 0 Å². The molecule has 0 bridgehead atoms. The van der Waals surface area contributed by atoms with Crippen molar-refractivity contribution in [2.24, 2.45) is 0 Å². The second-order valence-corrected chi connectivity index (χ2v) is 20.1. The van der Waals surface area contributed by atoms with Crippen molar-refractivity contribution in [2.45, 2.75) is 293 Å². The average Bonchev–Trinajstić information content (AvgIpc) is 3.36. The van der Waals surface area contributed by atoms with Crippen molar-refractivity contribution >= 4 is 5.97 Å². The van der Waals surface area contributed by atoms with Crippen LogP contribution in [0.25, 0.3) is 0 Å². The highest BCUT2D eigenvalue weighted by Crippen LogP contribution is 2.27. The van der Waals surface area contributed by atoms with Crippen molar-refractivity contribution < 1.29 is 69.0 Å². The maximum Gasteiger partial charge on any atom is 0.306 e. The van der Waals surface area contributed by atoms with Gasteiger partial charge in [-0.3, -0.25) is 4.79 Å². The Labute approximate surface area is 424 Å². The van der Waals surface area contributed by atoms with Crippen LogP contribution in [-0.2, 0) is 33.2 Å². The number of rotatable bonds is 46. The first-order chi connectivity index (χ1) is 34.1. The van der Waals surface area contributed by atoms with Gasteiger partial charge in [0.25, 0.3) is 0 Å². The Kier molecular flexibility index (Phi) is 40.4. The fraction of sp³-hybridized carbons (Fsp3) is 0.911. The minimum atomic E-state index is -1.71. The van der Waals surface area contributed by atoms with E-state index in [1.807, 2.05) is 0 Å². The number of carbonyl (C=O) groups is 1. The van der Waals surface area contributed by atoms with E-state index in [9.17, 15) is 40.5 Å². The summed E-state index contributed by atoms with van der Waals surface area (Å²) >= 11 is 0. The third-order valence-corrected chi connectivity index (χ3v) is 13.7. The van der Waals surface area contributed by atoms with Crippen molar-refractivity contribution in [1.82, 2.24) is 0 Å². The lowest BCUT2D eigenvalue weighted by molar-refractivity contribution is -0.332. The topological polar surface area (TPSA) is 214 Å². The molecule has 2 saturated heterocycles. The van der Waals surface area contributed by atoms with Crippen molar-refractivity contribution in [3.8, 4) is 0 Å². The Morgan fingerprint density at radius 1 is 0.457 bits per heavy atom. The standard InChI is InChI=1S/C56H104O14/c1-3-5-7-9-11-13-15-17-18-19-20-21-22-23-24-25-26-27-29-31-33-35-37-39-48(58)68-45(42-65-40-38-36-34-32-30-28-16-14-12-10-8-6-4-2)43-66-55-54(64)52(62)50(60)47(70-55)44-67-56-53(63)51(61)49(59)46(41-57)69-56/h12,14,19-20,45-47,49-57,59-64H,3-11,13,15-18,21-44H2,1-2H3/b14-12-,20-19-.